The highest BCUT2D eigenvalue weighted by atomic mass is 19.3. The Hall–Kier alpha value is -3.48. The number of hydrogen-bond acceptors (Lipinski definition) is 6. The van der Waals surface area contributed by atoms with Crippen molar-refractivity contribution < 1.29 is 27.1 Å². The van der Waals surface area contributed by atoms with Crippen LogP contribution in [0, 0.1) is 35.8 Å². The number of aliphatic imine (C=N–C) groups is 1. The maximum atomic E-state index is 15.0. The van der Waals surface area contributed by atoms with Crippen molar-refractivity contribution in [3.05, 3.63) is 64.0 Å². The molecule has 4 rings (SSSR count). The lowest BCUT2D eigenvalue weighted by Gasteiger charge is -2.33. The topological polar surface area (TPSA) is 101 Å². The number of fused-ring (bicyclic) bond motifs is 1. The number of ether oxygens (including phenoxy) is 1. The molecule has 0 spiro atoms. The lowest BCUT2D eigenvalue weighted by molar-refractivity contribution is 0.0175. The minimum Gasteiger partial charge on any atom is -0.462 e. The molecule has 0 radical (unpaired) electrons. The van der Waals surface area contributed by atoms with Gasteiger partial charge in [-0.15, -0.1) is 0 Å². The summed E-state index contributed by atoms with van der Waals surface area (Å²) in [5.74, 6) is -3.35. The van der Waals surface area contributed by atoms with Crippen LogP contribution in [0.4, 0.5) is 17.6 Å². The molecule has 1 aromatic carbocycles. The molecular weight excluding hydrogens is 416 g/mol. The van der Waals surface area contributed by atoms with Crippen LogP contribution in [-0.2, 0) is 16.7 Å². The molecule has 1 aliphatic heterocycles. The number of rotatable bonds is 5. The molecule has 2 aromatic rings. The summed E-state index contributed by atoms with van der Waals surface area (Å²) in [6.07, 6.45) is -2.75. The minimum atomic E-state index is -3.07. The van der Waals surface area contributed by atoms with Gasteiger partial charge in [-0.25, -0.2) is 27.5 Å². The largest absolute Gasteiger partial charge is 0.462 e. The van der Waals surface area contributed by atoms with E-state index in [-0.39, 0.29) is 28.7 Å². The van der Waals surface area contributed by atoms with Crippen LogP contribution in [0.2, 0.25) is 0 Å². The van der Waals surface area contributed by atoms with Gasteiger partial charge in [-0.2, -0.15) is 5.26 Å². The number of aryl methyl sites for hydroxylation is 1. The van der Waals surface area contributed by atoms with Gasteiger partial charge in [0.15, 0.2) is 17.1 Å². The van der Waals surface area contributed by atoms with E-state index in [4.69, 9.17) is 15.7 Å². The molecule has 1 fully saturated rings. The standard InChI is InChI=1S/C21H16F4N4O2/c1-9-2-10(5-15(30)18-14(22)4-11(7-26)8-28-18)3-13(17(9)23)21(19(24)25)12-6-16(12)31-20(27)29-21/h2-4,8,12,16,19H,5-6H2,1H3,(H2,27,29)/t12-,16+,21-/m0/s1. The number of nitrogens with two attached hydrogens (primary N) is 1. The van der Waals surface area contributed by atoms with Gasteiger partial charge >= 0.3 is 0 Å². The lowest BCUT2D eigenvalue weighted by atomic mass is 9.82. The van der Waals surface area contributed by atoms with Gasteiger partial charge in [0.25, 0.3) is 12.4 Å². The van der Waals surface area contributed by atoms with E-state index in [1.165, 1.54) is 13.0 Å². The number of halogens is 4. The van der Waals surface area contributed by atoms with Crippen LogP contribution in [0.5, 0.6) is 0 Å². The summed E-state index contributed by atoms with van der Waals surface area (Å²) in [5, 5.41) is 8.78. The molecule has 2 aliphatic rings. The van der Waals surface area contributed by atoms with Crippen molar-refractivity contribution in [1.82, 2.24) is 4.98 Å². The Morgan fingerprint density at radius 1 is 1.39 bits per heavy atom. The number of ketones is 1. The number of nitrogens with zero attached hydrogens (tertiary/aromatic N) is 3. The van der Waals surface area contributed by atoms with Crippen molar-refractivity contribution in [2.45, 2.75) is 37.8 Å². The van der Waals surface area contributed by atoms with Crippen LogP contribution in [0.3, 0.4) is 0 Å². The quantitative estimate of drug-likeness (QED) is 0.578. The average Bonchev–Trinajstić information content (AvgIpc) is 3.49. The molecule has 31 heavy (non-hydrogen) atoms. The molecule has 0 bridgehead atoms. The zero-order chi connectivity index (χ0) is 22.5. The molecular formula is C21H16F4N4O2. The summed E-state index contributed by atoms with van der Waals surface area (Å²) < 4.78 is 62.9. The highest BCUT2D eigenvalue weighted by Crippen LogP contribution is 2.56. The lowest BCUT2D eigenvalue weighted by Crippen LogP contribution is -2.43. The van der Waals surface area contributed by atoms with Crippen LogP contribution in [0.15, 0.2) is 29.4 Å². The van der Waals surface area contributed by atoms with Crippen LogP contribution in [-0.4, -0.2) is 29.3 Å². The number of aromatic nitrogens is 1. The Morgan fingerprint density at radius 2 is 2.13 bits per heavy atom. The van der Waals surface area contributed by atoms with Gasteiger partial charge in [0.1, 0.15) is 23.7 Å². The Balaban J connectivity index is 1.75. The molecule has 0 saturated heterocycles. The van der Waals surface area contributed by atoms with Crippen molar-refractivity contribution in [2.24, 2.45) is 16.6 Å². The number of carbonyl (C=O) groups excluding carboxylic acids is 1. The van der Waals surface area contributed by atoms with Crippen molar-refractivity contribution in [3.8, 4) is 6.07 Å². The fourth-order valence-corrected chi connectivity index (χ4v) is 4.01. The second-order valence-corrected chi connectivity index (χ2v) is 7.62. The summed E-state index contributed by atoms with van der Waals surface area (Å²) in [4.78, 5) is 20.0. The molecule has 0 unspecified atom stereocenters. The Labute approximate surface area is 174 Å². The first-order chi connectivity index (χ1) is 14.7. The van der Waals surface area contributed by atoms with Crippen LogP contribution in [0.25, 0.3) is 0 Å². The zero-order valence-electron chi connectivity index (χ0n) is 16.2. The number of amidine groups is 1. The van der Waals surface area contributed by atoms with Gasteiger partial charge in [0.2, 0.25) is 0 Å². The van der Waals surface area contributed by atoms with Gasteiger partial charge in [-0.3, -0.25) is 4.79 Å². The molecule has 1 saturated carbocycles. The van der Waals surface area contributed by atoms with Gasteiger partial charge < -0.3 is 10.5 Å². The van der Waals surface area contributed by atoms with E-state index in [1.54, 1.807) is 6.07 Å². The second-order valence-electron chi connectivity index (χ2n) is 7.62. The number of benzene rings is 1. The van der Waals surface area contributed by atoms with Crippen LogP contribution >= 0.6 is 0 Å². The molecule has 6 nitrogen and oxygen atoms in total. The third-order valence-electron chi connectivity index (χ3n) is 5.54. The zero-order valence-corrected chi connectivity index (χ0v) is 16.2. The van der Waals surface area contributed by atoms with E-state index < -0.39 is 59.5 Å². The van der Waals surface area contributed by atoms with E-state index >= 15 is 4.39 Å². The van der Waals surface area contributed by atoms with E-state index in [0.717, 1.165) is 18.3 Å². The Kier molecular flexibility index (Phi) is 4.92. The Morgan fingerprint density at radius 3 is 2.77 bits per heavy atom. The Bertz CT molecular complexity index is 1160. The molecule has 2 heterocycles. The summed E-state index contributed by atoms with van der Waals surface area (Å²) in [7, 11) is 0. The molecule has 160 valence electrons. The maximum absolute atomic E-state index is 15.0. The molecule has 1 aromatic heterocycles. The summed E-state index contributed by atoms with van der Waals surface area (Å²) in [6.45, 7) is 1.38. The number of Topliss-reactive ketones (excluding diaryl/α,β-unsaturated/α-hetero) is 1. The average molecular weight is 432 g/mol. The fraction of sp³-hybridized carbons (Fsp3) is 0.333. The molecule has 0 amide bonds. The van der Waals surface area contributed by atoms with Gasteiger partial charge in [0, 0.05) is 24.1 Å². The van der Waals surface area contributed by atoms with E-state index in [0.29, 0.717) is 0 Å². The SMILES string of the molecule is Cc1cc(CC(=O)c2ncc(C#N)cc2F)cc([C@@]2(C(F)F)N=C(N)O[C@@H]3C[C@@H]32)c1F. The number of pyridine rings is 1. The van der Waals surface area contributed by atoms with Crippen molar-refractivity contribution in [1.29, 1.82) is 5.26 Å². The summed E-state index contributed by atoms with van der Waals surface area (Å²) in [6, 6.07) is 4.61. The number of nitriles is 1. The van der Waals surface area contributed by atoms with Gasteiger partial charge in [-0.05, 0) is 36.6 Å². The second kappa shape index (κ2) is 7.34. The highest BCUT2D eigenvalue weighted by Gasteiger charge is 2.64. The highest BCUT2D eigenvalue weighted by molar-refractivity contribution is 5.96. The van der Waals surface area contributed by atoms with E-state index in [1.807, 2.05) is 0 Å². The van der Waals surface area contributed by atoms with Gasteiger partial charge in [-0.1, -0.05) is 6.07 Å². The van der Waals surface area contributed by atoms with E-state index in [2.05, 4.69) is 9.98 Å². The number of alkyl halides is 2. The first-order valence-electron chi connectivity index (χ1n) is 9.35. The first kappa shape index (κ1) is 20.8. The predicted octanol–water partition coefficient (Wildman–Crippen LogP) is 3.16. The van der Waals surface area contributed by atoms with E-state index in [9.17, 15) is 18.0 Å². The molecule has 2 N–H and O–H groups in total. The summed E-state index contributed by atoms with van der Waals surface area (Å²) in [5.41, 5.74) is 2.65. The number of hydrogen-bond donors (Lipinski definition) is 1. The van der Waals surface area contributed by atoms with Crippen molar-refractivity contribution >= 4 is 11.8 Å². The molecule has 1 aliphatic carbocycles. The first-order valence-corrected chi connectivity index (χ1v) is 9.35. The van der Waals surface area contributed by atoms with Crippen molar-refractivity contribution in [2.75, 3.05) is 0 Å². The third kappa shape index (κ3) is 3.40. The van der Waals surface area contributed by atoms with Crippen LogP contribution < -0.4 is 5.73 Å². The monoisotopic (exact) mass is 432 g/mol. The predicted molar refractivity (Wildman–Crippen MR) is 100 cm³/mol. The smallest absolute Gasteiger partial charge is 0.283 e. The molecule has 10 heteroatoms. The fourth-order valence-electron chi connectivity index (χ4n) is 4.01. The van der Waals surface area contributed by atoms with Gasteiger partial charge in [0.05, 0.1) is 5.56 Å². The van der Waals surface area contributed by atoms with Crippen LogP contribution in [0.1, 0.15) is 39.2 Å². The maximum Gasteiger partial charge on any atom is 0.283 e. The third-order valence-corrected chi connectivity index (χ3v) is 5.54. The minimum absolute atomic E-state index is 0.0334. The summed E-state index contributed by atoms with van der Waals surface area (Å²) >= 11 is 0. The number of carbonyl (C=O) groups is 1. The molecule has 3 atom stereocenters. The normalized spacial score (nSPS) is 24.1. The van der Waals surface area contributed by atoms with Crippen molar-refractivity contribution in [3.63, 3.8) is 0 Å².